The summed E-state index contributed by atoms with van der Waals surface area (Å²) < 4.78 is 30.5. The van der Waals surface area contributed by atoms with Gasteiger partial charge in [-0.05, 0) is 31.0 Å². The molecular weight excluding hydrogens is 270 g/mol. The van der Waals surface area contributed by atoms with Gasteiger partial charge in [0.1, 0.15) is 11.8 Å². The zero-order valence-corrected chi connectivity index (χ0v) is 11.6. The van der Waals surface area contributed by atoms with Gasteiger partial charge < -0.3 is 9.84 Å². The summed E-state index contributed by atoms with van der Waals surface area (Å²) in [6.45, 7) is 1.28. The maximum atomic E-state index is 11.7. The van der Waals surface area contributed by atoms with Gasteiger partial charge in [0.05, 0.1) is 12.9 Å². The first kappa shape index (κ1) is 15.5. The Morgan fingerprint density at radius 3 is 2.74 bits per heavy atom. The van der Waals surface area contributed by atoms with Crippen molar-refractivity contribution in [2.24, 2.45) is 0 Å². The van der Waals surface area contributed by atoms with Crippen molar-refractivity contribution >= 4 is 16.0 Å². The molecule has 7 heteroatoms. The Bertz CT molecular complexity index is 541. The van der Waals surface area contributed by atoms with Gasteiger partial charge in [0.25, 0.3) is 0 Å². The number of aryl methyl sites for hydroxylation is 1. The summed E-state index contributed by atoms with van der Waals surface area (Å²) in [6.07, 6.45) is 0.291. The van der Waals surface area contributed by atoms with E-state index in [1.807, 2.05) is 0 Å². The molecule has 19 heavy (non-hydrogen) atoms. The zero-order valence-electron chi connectivity index (χ0n) is 10.8. The van der Waals surface area contributed by atoms with Gasteiger partial charge in [-0.15, -0.1) is 0 Å². The number of hydrogen-bond acceptors (Lipinski definition) is 4. The molecule has 0 aliphatic rings. The predicted octanol–water partition coefficient (Wildman–Crippen LogP) is 0.630. The fourth-order valence-corrected chi connectivity index (χ4v) is 2.72. The first-order chi connectivity index (χ1) is 8.84. The first-order valence-electron chi connectivity index (χ1n) is 5.70. The van der Waals surface area contributed by atoms with Crippen molar-refractivity contribution in [3.63, 3.8) is 0 Å². The molecule has 1 atom stereocenters. The Labute approximate surface area is 112 Å². The van der Waals surface area contributed by atoms with Crippen molar-refractivity contribution in [1.29, 1.82) is 0 Å². The van der Waals surface area contributed by atoms with Crippen LogP contribution in [0.25, 0.3) is 0 Å². The Hall–Kier alpha value is -1.60. The lowest BCUT2D eigenvalue weighted by atomic mass is 10.2. The number of sulfonamides is 1. The predicted molar refractivity (Wildman–Crippen MR) is 70.7 cm³/mol. The zero-order chi connectivity index (χ0) is 14.5. The van der Waals surface area contributed by atoms with Crippen molar-refractivity contribution < 1.29 is 23.1 Å². The number of carboxylic acid groups (broad SMARTS) is 1. The van der Waals surface area contributed by atoms with Crippen LogP contribution in [0.4, 0.5) is 0 Å². The van der Waals surface area contributed by atoms with Crippen LogP contribution in [0, 0.1) is 0 Å². The molecular formula is C12H17NO5S. The summed E-state index contributed by atoms with van der Waals surface area (Å²) >= 11 is 0. The second kappa shape index (κ2) is 6.53. The van der Waals surface area contributed by atoms with Gasteiger partial charge in [-0.25, -0.2) is 13.1 Å². The summed E-state index contributed by atoms with van der Waals surface area (Å²) in [5.74, 6) is -0.718. The molecule has 0 spiro atoms. The highest BCUT2D eigenvalue weighted by atomic mass is 32.2. The third-order valence-corrected chi connectivity index (χ3v) is 3.97. The van der Waals surface area contributed by atoms with Crippen LogP contribution < -0.4 is 9.46 Å². The number of rotatable bonds is 7. The highest BCUT2D eigenvalue weighted by molar-refractivity contribution is 7.89. The SMILES string of the molecule is COc1cccc(CCS(=O)(=O)N[C@@H](C)C(=O)O)c1. The van der Waals surface area contributed by atoms with Crippen LogP contribution in [-0.4, -0.2) is 38.4 Å². The van der Waals surface area contributed by atoms with Gasteiger partial charge in [-0.1, -0.05) is 12.1 Å². The van der Waals surface area contributed by atoms with E-state index in [2.05, 4.69) is 4.72 Å². The van der Waals surface area contributed by atoms with Crippen LogP contribution in [0.1, 0.15) is 12.5 Å². The minimum absolute atomic E-state index is 0.169. The fraction of sp³-hybridized carbons (Fsp3) is 0.417. The quantitative estimate of drug-likeness (QED) is 0.767. The highest BCUT2D eigenvalue weighted by Gasteiger charge is 2.19. The van der Waals surface area contributed by atoms with Gasteiger partial charge in [-0.3, -0.25) is 4.79 Å². The molecule has 0 radical (unpaired) electrons. The van der Waals surface area contributed by atoms with E-state index in [0.717, 1.165) is 5.56 Å². The summed E-state index contributed by atoms with van der Waals surface area (Å²) in [7, 11) is -2.08. The van der Waals surface area contributed by atoms with E-state index in [1.54, 1.807) is 24.3 Å². The van der Waals surface area contributed by atoms with Crippen LogP contribution >= 0.6 is 0 Å². The number of nitrogens with one attached hydrogen (secondary N) is 1. The van der Waals surface area contributed by atoms with Gasteiger partial charge in [0, 0.05) is 0 Å². The molecule has 2 N–H and O–H groups in total. The fourth-order valence-electron chi connectivity index (χ4n) is 1.46. The topological polar surface area (TPSA) is 92.7 Å². The minimum atomic E-state index is -3.62. The van der Waals surface area contributed by atoms with Crippen molar-refractivity contribution in [2.75, 3.05) is 12.9 Å². The number of carbonyl (C=O) groups is 1. The summed E-state index contributed by atoms with van der Waals surface area (Å²) in [6, 6.07) is 5.95. The summed E-state index contributed by atoms with van der Waals surface area (Å²) in [5.41, 5.74) is 0.813. The second-order valence-corrected chi connectivity index (χ2v) is 5.97. The summed E-state index contributed by atoms with van der Waals surface area (Å²) in [5, 5.41) is 8.66. The maximum Gasteiger partial charge on any atom is 0.321 e. The molecule has 0 saturated heterocycles. The summed E-state index contributed by atoms with van der Waals surface area (Å²) in [4.78, 5) is 10.6. The van der Waals surface area contributed by atoms with Crippen molar-refractivity contribution in [1.82, 2.24) is 4.72 Å². The van der Waals surface area contributed by atoms with Crippen molar-refractivity contribution in [3.05, 3.63) is 29.8 Å². The number of benzene rings is 1. The average Bonchev–Trinajstić information content (AvgIpc) is 2.36. The molecule has 0 aromatic heterocycles. The molecule has 0 aliphatic heterocycles. The highest BCUT2D eigenvalue weighted by Crippen LogP contribution is 2.13. The van der Waals surface area contributed by atoms with Crippen LogP contribution in [-0.2, 0) is 21.2 Å². The van der Waals surface area contributed by atoms with Gasteiger partial charge in [0.15, 0.2) is 0 Å². The molecule has 106 valence electrons. The number of ether oxygens (including phenoxy) is 1. The number of hydrogen-bond donors (Lipinski definition) is 2. The molecule has 1 aromatic rings. The number of aliphatic carboxylic acids is 1. The smallest absolute Gasteiger partial charge is 0.321 e. The molecule has 1 rings (SSSR count). The monoisotopic (exact) mass is 287 g/mol. The molecule has 0 amide bonds. The van der Waals surface area contributed by atoms with Crippen LogP contribution in [0.2, 0.25) is 0 Å². The van der Waals surface area contributed by atoms with E-state index in [0.29, 0.717) is 12.2 Å². The van der Waals surface area contributed by atoms with Crippen molar-refractivity contribution in [3.8, 4) is 5.75 Å². The van der Waals surface area contributed by atoms with Gasteiger partial charge >= 0.3 is 5.97 Å². The third kappa shape index (κ3) is 5.27. The van der Waals surface area contributed by atoms with E-state index in [1.165, 1.54) is 14.0 Å². The Balaban J connectivity index is 2.62. The first-order valence-corrected chi connectivity index (χ1v) is 7.35. The second-order valence-electron chi connectivity index (χ2n) is 4.10. The Morgan fingerprint density at radius 1 is 1.47 bits per heavy atom. The molecule has 0 fully saturated rings. The van der Waals surface area contributed by atoms with E-state index >= 15 is 0 Å². The molecule has 1 aromatic carbocycles. The van der Waals surface area contributed by atoms with E-state index in [-0.39, 0.29) is 5.75 Å². The molecule has 6 nitrogen and oxygen atoms in total. The third-order valence-electron chi connectivity index (χ3n) is 2.52. The molecule has 0 bridgehead atoms. The van der Waals surface area contributed by atoms with Gasteiger partial charge in [0.2, 0.25) is 10.0 Å². The maximum absolute atomic E-state index is 11.7. The molecule has 0 unspecified atom stereocenters. The largest absolute Gasteiger partial charge is 0.497 e. The van der Waals surface area contributed by atoms with E-state index in [4.69, 9.17) is 9.84 Å². The molecule has 0 heterocycles. The Morgan fingerprint density at radius 2 is 2.16 bits per heavy atom. The van der Waals surface area contributed by atoms with E-state index in [9.17, 15) is 13.2 Å². The lowest BCUT2D eigenvalue weighted by Gasteiger charge is -2.10. The van der Waals surface area contributed by atoms with Crippen LogP contribution in [0.15, 0.2) is 24.3 Å². The number of carboxylic acids is 1. The van der Waals surface area contributed by atoms with Crippen LogP contribution in [0.3, 0.4) is 0 Å². The average molecular weight is 287 g/mol. The standard InChI is InChI=1S/C12H17NO5S/c1-9(12(14)15)13-19(16,17)7-6-10-4-3-5-11(8-10)18-2/h3-5,8-9,13H,6-7H2,1-2H3,(H,14,15)/t9-/m0/s1. The normalized spacial score (nSPS) is 12.9. The lowest BCUT2D eigenvalue weighted by molar-refractivity contribution is -0.138. The Kier molecular flexibility index (Phi) is 5.31. The van der Waals surface area contributed by atoms with E-state index < -0.39 is 22.0 Å². The van der Waals surface area contributed by atoms with Gasteiger partial charge in [-0.2, -0.15) is 0 Å². The van der Waals surface area contributed by atoms with Crippen molar-refractivity contribution in [2.45, 2.75) is 19.4 Å². The minimum Gasteiger partial charge on any atom is -0.497 e. The lowest BCUT2D eigenvalue weighted by Crippen LogP contribution is -2.39. The number of methoxy groups -OCH3 is 1. The van der Waals surface area contributed by atoms with Crippen LogP contribution in [0.5, 0.6) is 5.75 Å². The molecule has 0 aliphatic carbocycles. The molecule has 0 saturated carbocycles.